The summed E-state index contributed by atoms with van der Waals surface area (Å²) in [6, 6.07) is 0. The molecule has 0 amide bonds. The number of quaternary nitrogens is 1. The van der Waals surface area contributed by atoms with Crippen molar-refractivity contribution in [1.82, 2.24) is 0 Å². The van der Waals surface area contributed by atoms with Crippen LogP contribution in [0, 0.1) is 0 Å². The lowest BCUT2D eigenvalue weighted by molar-refractivity contribution is -0.870. The number of ether oxygens (including phenoxy) is 2. The third-order valence-corrected chi connectivity index (χ3v) is 9.27. The Morgan fingerprint density at radius 1 is 0.604 bits per heavy atom. The molecule has 10 heteroatoms. The summed E-state index contributed by atoms with van der Waals surface area (Å²) >= 11 is 0. The second kappa shape index (κ2) is 35.4. The van der Waals surface area contributed by atoms with Crippen LogP contribution in [0.2, 0.25) is 0 Å². The van der Waals surface area contributed by atoms with Crippen LogP contribution >= 0.6 is 7.82 Å². The highest BCUT2D eigenvalue weighted by molar-refractivity contribution is 7.45. The summed E-state index contributed by atoms with van der Waals surface area (Å²) < 4.78 is 33.7. The molecule has 0 saturated carbocycles. The van der Waals surface area contributed by atoms with Crippen molar-refractivity contribution in [3.8, 4) is 0 Å². The Bertz CT molecular complexity index is 1090. The van der Waals surface area contributed by atoms with Gasteiger partial charge in [0.2, 0.25) is 0 Å². The first kappa shape index (κ1) is 50.7. The van der Waals surface area contributed by atoms with Gasteiger partial charge in [0, 0.05) is 12.8 Å². The lowest BCUT2D eigenvalue weighted by atomic mass is 10.0. The number of rotatable bonds is 36. The van der Waals surface area contributed by atoms with E-state index >= 15 is 0 Å². The van der Waals surface area contributed by atoms with Crippen LogP contribution in [0.1, 0.15) is 149 Å². The van der Waals surface area contributed by atoms with E-state index < -0.39 is 32.5 Å². The van der Waals surface area contributed by atoms with Crippen molar-refractivity contribution >= 4 is 19.8 Å². The zero-order valence-electron chi connectivity index (χ0n) is 34.2. The molecule has 2 atom stereocenters. The van der Waals surface area contributed by atoms with Gasteiger partial charge in [-0.1, -0.05) is 145 Å². The molecule has 306 valence electrons. The molecule has 0 rings (SSSR count). The summed E-state index contributed by atoms with van der Waals surface area (Å²) in [6.07, 6.45) is 41.1. The van der Waals surface area contributed by atoms with Crippen LogP contribution in [-0.4, -0.2) is 70.0 Å². The van der Waals surface area contributed by atoms with E-state index in [-0.39, 0.29) is 26.1 Å². The summed E-state index contributed by atoms with van der Waals surface area (Å²) in [5.74, 6) is -0.907. The van der Waals surface area contributed by atoms with Crippen LogP contribution in [-0.2, 0) is 32.7 Å². The van der Waals surface area contributed by atoms with Gasteiger partial charge in [-0.2, -0.15) is 0 Å². The fourth-order valence-electron chi connectivity index (χ4n) is 5.10. The quantitative estimate of drug-likeness (QED) is 0.0204. The molecule has 53 heavy (non-hydrogen) atoms. The minimum atomic E-state index is -4.63. The van der Waals surface area contributed by atoms with Gasteiger partial charge >= 0.3 is 11.9 Å². The number of esters is 2. The van der Waals surface area contributed by atoms with Gasteiger partial charge in [-0.05, 0) is 51.4 Å². The molecule has 0 spiro atoms. The second-order valence-corrected chi connectivity index (χ2v) is 16.0. The summed E-state index contributed by atoms with van der Waals surface area (Å²) in [6.45, 7) is 4.02. The molecule has 0 aliphatic rings. The van der Waals surface area contributed by atoms with E-state index in [0.29, 0.717) is 23.9 Å². The van der Waals surface area contributed by atoms with Gasteiger partial charge in [-0.3, -0.25) is 14.2 Å². The molecule has 0 bridgehead atoms. The van der Waals surface area contributed by atoms with Crippen molar-refractivity contribution in [3.63, 3.8) is 0 Å². The second-order valence-electron chi connectivity index (χ2n) is 14.6. The summed E-state index contributed by atoms with van der Waals surface area (Å²) in [5, 5.41) is 0. The first-order chi connectivity index (χ1) is 25.5. The van der Waals surface area contributed by atoms with E-state index in [0.717, 1.165) is 57.8 Å². The summed E-state index contributed by atoms with van der Waals surface area (Å²) in [4.78, 5) is 37.4. The zero-order valence-corrected chi connectivity index (χ0v) is 35.1. The van der Waals surface area contributed by atoms with Crippen LogP contribution in [0.25, 0.3) is 0 Å². The summed E-state index contributed by atoms with van der Waals surface area (Å²) in [5.41, 5.74) is 0. The Labute approximate surface area is 324 Å². The Morgan fingerprint density at radius 3 is 1.58 bits per heavy atom. The molecule has 0 aliphatic heterocycles. The SMILES string of the molecule is CC/C=C\C/C=C\C/C=C\C/C=C\C/C=C\CCCC(=O)OCC(COP(=O)([O-])OCC[N+](C)(C)C)OC(=O)CCCCCCCCCCCCCC. The largest absolute Gasteiger partial charge is 0.756 e. The molecule has 2 unspecified atom stereocenters. The van der Waals surface area contributed by atoms with Gasteiger partial charge < -0.3 is 27.9 Å². The number of hydrogen-bond donors (Lipinski definition) is 0. The maximum absolute atomic E-state index is 12.6. The van der Waals surface area contributed by atoms with Gasteiger partial charge in [0.15, 0.2) is 6.10 Å². The Morgan fingerprint density at radius 2 is 1.08 bits per heavy atom. The van der Waals surface area contributed by atoms with Gasteiger partial charge in [-0.15, -0.1) is 0 Å². The molecule has 0 aliphatic carbocycles. The number of phosphoric ester groups is 1. The topological polar surface area (TPSA) is 111 Å². The van der Waals surface area contributed by atoms with Gasteiger partial charge in [0.1, 0.15) is 19.8 Å². The number of nitrogens with zero attached hydrogens (tertiary/aromatic N) is 1. The molecule has 0 fully saturated rings. The average Bonchev–Trinajstić information content (AvgIpc) is 3.10. The highest BCUT2D eigenvalue weighted by atomic mass is 31.2. The van der Waals surface area contributed by atoms with E-state index in [2.05, 4.69) is 68.5 Å². The maximum atomic E-state index is 12.6. The molecule has 0 radical (unpaired) electrons. The van der Waals surface area contributed by atoms with Crippen molar-refractivity contribution in [1.29, 1.82) is 0 Å². The van der Waals surface area contributed by atoms with Crippen LogP contribution < -0.4 is 4.89 Å². The zero-order chi connectivity index (χ0) is 39.3. The van der Waals surface area contributed by atoms with Crippen LogP contribution in [0.5, 0.6) is 0 Å². The maximum Gasteiger partial charge on any atom is 0.306 e. The van der Waals surface area contributed by atoms with Gasteiger partial charge in [0.05, 0.1) is 27.7 Å². The molecule has 0 aromatic heterocycles. The van der Waals surface area contributed by atoms with Gasteiger partial charge in [-0.25, -0.2) is 0 Å². The number of likely N-dealkylation sites (N-methyl/N-ethyl adjacent to an activating group) is 1. The first-order valence-corrected chi connectivity index (χ1v) is 22.0. The van der Waals surface area contributed by atoms with E-state index in [1.54, 1.807) is 0 Å². The number of hydrogen-bond acceptors (Lipinski definition) is 8. The molecule has 0 heterocycles. The molecule has 0 saturated heterocycles. The normalized spacial score (nSPS) is 14.3. The van der Waals surface area contributed by atoms with Crippen molar-refractivity contribution in [3.05, 3.63) is 60.8 Å². The monoisotopic (exact) mass is 766 g/mol. The van der Waals surface area contributed by atoms with E-state index in [9.17, 15) is 19.0 Å². The minimum Gasteiger partial charge on any atom is -0.756 e. The molecule has 0 aromatic carbocycles. The molecular weight excluding hydrogens is 689 g/mol. The van der Waals surface area contributed by atoms with Gasteiger partial charge in [0.25, 0.3) is 7.82 Å². The highest BCUT2D eigenvalue weighted by Crippen LogP contribution is 2.38. The van der Waals surface area contributed by atoms with Crippen molar-refractivity contribution < 1.29 is 42.1 Å². The molecule has 9 nitrogen and oxygen atoms in total. The summed E-state index contributed by atoms with van der Waals surface area (Å²) in [7, 11) is 1.13. The number of unbranched alkanes of at least 4 members (excludes halogenated alkanes) is 12. The predicted molar refractivity (Wildman–Crippen MR) is 217 cm³/mol. The van der Waals surface area contributed by atoms with E-state index in [1.165, 1.54) is 51.4 Å². The minimum absolute atomic E-state index is 0.0411. The Kier molecular flexibility index (Phi) is 33.9. The lowest BCUT2D eigenvalue weighted by Gasteiger charge is -2.28. The Hall–Kier alpha value is -2.29. The van der Waals surface area contributed by atoms with Crippen LogP contribution in [0.4, 0.5) is 0 Å². The first-order valence-electron chi connectivity index (χ1n) is 20.5. The molecule has 0 aromatic rings. The molecule has 0 N–H and O–H groups in total. The Balaban J connectivity index is 4.50. The van der Waals surface area contributed by atoms with Crippen LogP contribution in [0.15, 0.2) is 60.8 Å². The standard InChI is InChI=1S/C43H76NO8P/c1-6-8-10-12-14-16-18-20-21-22-23-24-26-27-29-31-33-35-42(45)49-39-41(40-51-53(47,48)50-38-37-44(3,4)5)52-43(46)36-34-32-30-28-25-19-17-15-13-11-9-7-2/h8,10,14,16,20-21,23-24,27,29,41H,6-7,9,11-13,15,17-19,22,25-26,28,30-40H2,1-5H3/b10-8-,16-14-,21-20-,24-23-,29-27-. The third kappa shape index (κ3) is 39.2. The fourth-order valence-corrected chi connectivity index (χ4v) is 5.83. The average molecular weight is 766 g/mol. The predicted octanol–water partition coefficient (Wildman–Crippen LogP) is 10.7. The van der Waals surface area contributed by atoms with Crippen LogP contribution in [0.3, 0.4) is 0 Å². The van der Waals surface area contributed by atoms with E-state index in [4.69, 9.17) is 18.5 Å². The lowest BCUT2D eigenvalue weighted by Crippen LogP contribution is -2.37. The smallest absolute Gasteiger partial charge is 0.306 e. The van der Waals surface area contributed by atoms with E-state index in [1.807, 2.05) is 27.2 Å². The number of carbonyl (C=O) groups is 2. The van der Waals surface area contributed by atoms with Crippen molar-refractivity contribution in [2.24, 2.45) is 0 Å². The highest BCUT2D eigenvalue weighted by Gasteiger charge is 2.21. The number of carbonyl (C=O) groups excluding carboxylic acids is 2. The fraction of sp³-hybridized carbons (Fsp3) is 0.721. The number of allylic oxidation sites excluding steroid dienone is 10. The van der Waals surface area contributed by atoms with Crippen molar-refractivity contribution in [2.75, 3.05) is 47.5 Å². The third-order valence-electron chi connectivity index (χ3n) is 8.30. The number of phosphoric acid groups is 1. The van der Waals surface area contributed by atoms with Crippen molar-refractivity contribution in [2.45, 2.75) is 155 Å². The molecular formula is C43H76NO8P.